The van der Waals surface area contributed by atoms with Crippen molar-refractivity contribution in [3.63, 3.8) is 0 Å². The Morgan fingerprint density at radius 3 is 2.57 bits per heavy atom. The Bertz CT molecular complexity index is 884. The van der Waals surface area contributed by atoms with E-state index in [9.17, 15) is 9.59 Å². The summed E-state index contributed by atoms with van der Waals surface area (Å²) in [6.07, 6.45) is 3.00. The summed E-state index contributed by atoms with van der Waals surface area (Å²) in [7, 11) is 0. The van der Waals surface area contributed by atoms with Crippen molar-refractivity contribution in [2.45, 2.75) is 5.75 Å². The van der Waals surface area contributed by atoms with Crippen LogP contribution in [0.1, 0.15) is 15.9 Å². The van der Waals surface area contributed by atoms with Gasteiger partial charge in [0.15, 0.2) is 6.61 Å². The number of aromatic nitrogens is 3. The van der Waals surface area contributed by atoms with Gasteiger partial charge >= 0.3 is 5.97 Å². The molecule has 0 spiro atoms. The number of esters is 1. The number of rotatable bonds is 9. The van der Waals surface area contributed by atoms with Crippen LogP contribution in [0, 0.1) is 0 Å². The minimum Gasteiger partial charge on any atom is -0.452 e. The molecule has 144 valence electrons. The average molecular weight is 396 g/mol. The molecule has 7 nitrogen and oxygen atoms in total. The Kier molecular flexibility index (Phi) is 7.20. The van der Waals surface area contributed by atoms with Gasteiger partial charge in [-0.15, -0.1) is 0 Å². The highest BCUT2D eigenvalue weighted by Crippen LogP contribution is 2.11. The third-order valence-corrected chi connectivity index (χ3v) is 4.83. The van der Waals surface area contributed by atoms with Crippen molar-refractivity contribution in [1.29, 1.82) is 0 Å². The van der Waals surface area contributed by atoms with Gasteiger partial charge in [0.2, 0.25) is 0 Å². The van der Waals surface area contributed by atoms with E-state index in [2.05, 4.69) is 27.5 Å². The summed E-state index contributed by atoms with van der Waals surface area (Å²) in [5, 5.41) is 6.76. The van der Waals surface area contributed by atoms with E-state index in [1.165, 1.54) is 11.9 Å². The highest BCUT2D eigenvalue weighted by Gasteiger charge is 2.10. The van der Waals surface area contributed by atoms with Gasteiger partial charge in [-0.25, -0.2) is 14.5 Å². The molecule has 0 aliphatic carbocycles. The first-order chi connectivity index (χ1) is 13.7. The van der Waals surface area contributed by atoms with E-state index in [1.54, 1.807) is 47.0 Å². The van der Waals surface area contributed by atoms with Crippen LogP contribution in [0.4, 0.5) is 0 Å². The number of amides is 1. The molecule has 0 fully saturated rings. The minimum atomic E-state index is -0.543. The monoisotopic (exact) mass is 396 g/mol. The second-order valence-electron chi connectivity index (χ2n) is 5.85. The van der Waals surface area contributed by atoms with Crippen molar-refractivity contribution in [3.8, 4) is 5.69 Å². The SMILES string of the molecule is O=C(COC(=O)c1ccc(-n2cncn2)cc1)NCCSCc1ccccc1. The molecule has 0 saturated carbocycles. The Labute approximate surface area is 167 Å². The number of benzene rings is 2. The molecule has 1 aromatic heterocycles. The highest BCUT2D eigenvalue weighted by atomic mass is 32.2. The number of carbonyl (C=O) groups excluding carboxylic acids is 2. The molecule has 1 heterocycles. The van der Waals surface area contributed by atoms with Gasteiger partial charge in [0.1, 0.15) is 12.7 Å². The van der Waals surface area contributed by atoms with E-state index >= 15 is 0 Å². The maximum Gasteiger partial charge on any atom is 0.338 e. The Hall–Kier alpha value is -3.13. The van der Waals surface area contributed by atoms with Crippen molar-refractivity contribution >= 4 is 23.6 Å². The summed E-state index contributed by atoms with van der Waals surface area (Å²) >= 11 is 1.74. The quantitative estimate of drug-likeness (QED) is 0.442. The lowest BCUT2D eigenvalue weighted by Gasteiger charge is -2.07. The smallest absolute Gasteiger partial charge is 0.338 e. The van der Waals surface area contributed by atoms with Gasteiger partial charge in [-0.3, -0.25) is 4.79 Å². The molecule has 0 unspecified atom stereocenters. The molecule has 1 N–H and O–H groups in total. The molecule has 0 aliphatic rings. The minimum absolute atomic E-state index is 0.299. The topological polar surface area (TPSA) is 86.1 Å². The zero-order valence-corrected chi connectivity index (χ0v) is 16.0. The zero-order chi connectivity index (χ0) is 19.6. The molecule has 2 aromatic carbocycles. The van der Waals surface area contributed by atoms with Crippen LogP contribution in [0.15, 0.2) is 67.3 Å². The van der Waals surface area contributed by atoms with Crippen LogP contribution in [0.2, 0.25) is 0 Å². The standard InChI is InChI=1S/C20H20N4O3S/c25-19(22-10-11-28-13-16-4-2-1-3-5-16)12-27-20(26)17-6-8-18(9-7-17)24-15-21-14-23-24/h1-9,14-15H,10-13H2,(H,22,25). The summed E-state index contributed by atoms with van der Waals surface area (Å²) < 4.78 is 6.64. The predicted molar refractivity (Wildman–Crippen MR) is 107 cm³/mol. The lowest BCUT2D eigenvalue weighted by Crippen LogP contribution is -2.30. The van der Waals surface area contributed by atoms with Gasteiger partial charge in [-0.2, -0.15) is 16.9 Å². The molecular weight excluding hydrogens is 376 g/mol. The molecular formula is C20H20N4O3S. The molecule has 3 rings (SSSR count). The largest absolute Gasteiger partial charge is 0.452 e. The number of hydrogen-bond donors (Lipinski definition) is 1. The molecule has 0 atom stereocenters. The van der Waals surface area contributed by atoms with Crippen LogP contribution in [-0.2, 0) is 15.3 Å². The van der Waals surface area contributed by atoms with Crippen LogP contribution in [0.5, 0.6) is 0 Å². The number of ether oxygens (including phenoxy) is 1. The van der Waals surface area contributed by atoms with Gasteiger partial charge in [0.05, 0.1) is 11.3 Å². The fourth-order valence-electron chi connectivity index (χ4n) is 2.38. The molecule has 0 radical (unpaired) electrons. The first-order valence-corrected chi connectivity index (χ1v) is 9.88. The van der Waals surface area contributed by atoms with Gasteiger partial charge in [-0.1, -0.05) is 30.3 Å². The zero-order valence-electron chi connectivity index (χ0n) is 15.2. The van der Waals surface area contributed by atoms with Gasteiger partial charge in [0.25, 0.3) is 5.91 Å². The lowest BCUT2D eigenvalue weighted by atomic mass is 10.2. The summed E-state index contributed by atoms with van der Waals surface area (Å²) in [4.78, 5) is 27.7. The summed E-state index contributed by atoms with van der Waals surface area (Å²) in [6.45, 7) is 0.230. The fraction of sp³-hybridized carbons (Fsp3) is 0.200. The second-order valence-corrected chi connectivity index (χ2v) is 6.96. The van der Waals surface area contributed by atoms with Crippen molar-refractivity contribution < 1.29 is 14.3 Å². The van der Waals surface area contributed by atoms with Crippen LogP contribution in [-0.4, -0.2) is 45.5 Å². The fourth-order valence-corrected chi connectivity index (χ4v) is 3.20. The molecule has 0 aliphatic heterocycles. The van der Waals surface area contributed by atoms with Crippen LogP contribution in [0.25, 0.3) is 5.69 Å². The molecule has 1 amide bonds. The Balaban J connectivity index is 1.33. The third-order valence-electron chi connectivity index (χ3n) is 3.80. The summed E-state index contributed by atoms with van der Waals surface area (Å²) in [6, 6.07) is 16.9. The Morgan fingerprint density at radius 1 is 1.07 bits per heavy atom. The van der Waals surface area contributed by atoms with Crippen LogP contribution < -0.4 is 5.32 Å². The number of nitrogens with zero attached hydrogens (tertiary/aromatic N) is 3. The van der Waals surface area contributed by atoms with Crippen molar-refractivity contribution in [2.24, 2.45) is 0 Å². The first-order valence-electron chi connectivity index (χ1n) is 8.73. The van der Waals surface area contributed by atoms with E-state index in [0.717, 1.165) is 17.2 Å². The van der Waals surface area contributed by atoms with Crippen LogP contribution in [0.3, 0.4) is 0 Å². The normalized spacial score (nSPS) is 10.4. The van der Waals surface area contributed by atoms with E-state index in [0.29, 0.717) is 12.1 Å². The average Bonchev–Trinajstić information content (AvgIpc) is 3.27. The maximum atomic E-state index is 12.0. The van der Waals surface area contributed by atoms with Crippen molar-refractivity contribution in [3.05, 3.63) is 78.4 Å². The number of nitrogens with one attached hydrogen (secondary N) is 1. The molecule has 0 saturated heterocycles. The maximum absolute atomic E-state index is 12.0. The predicted octanol–water partition coefficient (Wildman–Crippen LogP) is 2.47. The number of hydrogen-bond acceptors (Lipinski definition) is 6. The summed E-state index contributed by atoms with van der Waals surface area (Å²) in [5.41, 5.74) is 2.40. The Morgan fingerprint density at radius 2 is 1.86 bits per heavy atom. The number of carbonyl (C=O) groups is 2. The number of thioether (sulfide) groups is 1. The van der Waals surface area contributed by atoms with Crippen molar-refractivity contribution in [2.75, 3.05) is 18.9 Å². The second kappa shape index (κ2) is 10.3. The molecule has 28 heavy (non-hydrogen) atoms. The van der Waals surface area contributed by atoms with E-state index in [4.69, 9.17) is 4.74 Å². The molecule has 3 aromatic rings. The van der Waals surface area contributed by atoms with Gasteiger partial charge in [0, 0.05) is 18.1 Å². The van der Waals surface area contributed by atoms with Gasteiger partial charge in [-0.05, 0) is 29.8 Å². The van der Waals surface area contributed by atoms with E-state index in [-0.39, 0.29) is 12.5 Å². The van der Waals surface area contributed by atoms with E-state index < -0.39 is 5.97 Å². The van der Waals surface area contributed by atoms with E-state index in [1.807, 2.05) is 18.2 Å². The van der Waals surface area contributed by atoms with Crippen LogP contribution >= 0.6 is 11.8 Å². The third kappa shape index (κ3) is 5.95. The van der Waals surface area contributed by atoms with Crippen molar-refractivity contribution in [1.82, 2.24) is 20.1 Å². The van der Waals surface area contributed by atoms with Gasteiger partial charge < -0.3 is 10.1 Å². The first kappa shape index (κ1) is 19.6. The summed E-state index contributed by atoms with van der Waals surface area (Å²) in [5.74, 6) is 0.834. The molecule has 0 bridgehead atoms. The highest BCUT2D eigenvalue weighted by molar-refractivity contribution is 7.98. The lowest BCUT2D eigenvalue weighted by molar-refractivity contribution is -0.124. The molecule has 8 heteroatoms.